The van der Waals surface area contributed by atoms with Crippen LogP contribution >= 0.6 is 11.3 Å². The van der Waals surface area contributed by atoms with Crippen molar-refractivity contribution in [1.29, 1.82) is 0 Å². The number of ketones is 1. The van der Waals surface area contributed by atoms with Crippen LogP contribution in [0.3, 0.4) is 0 Å². The van der Waals surface area contributed by atoms with Gasteiger partial charge in [-0.05, 0) is 30.5 Å². The van der Waals surface area contributed by atoms with E-state index in [9.17, 15) is 4.79 Å². The molecule has 84 valence electrons. The number of fused-ring (bicyclic) bond motifs is 1. The zero-order chi connectivity index (χ0) is 11.8. The molecule has 0 atom stereocenters. The molecule has 0 bridgehead atoms. The first-order chi connectivity index (χ1) is 8.24. The van der Waals surface area contributed by atoms with Gasteiger partial charge in [0.1, 0.15) is 5.52 Å². The smallest absolute Gasteiger partial charge is 0.229 e. The minimum Gasteiger partial charge on any atom is -0.451 e. The van der Waals surface area contributed by atoms with Crippen molar-refractivity contribution in [3.63, 3.8) is 0 Å². The van der Waals surface area contributed by atoms with Crippen molar-refractivity contribution in [3.05, 3.63) is 52.0 Å². The first kappa shape index (κ1) is 10.2. The van der Waals surface area contributed by atoms with Crippen LogP contribution < -0.4 is 0 Å². The van der Waals surface area contributed by atoms with Gasteiger partial charge in [0.2, 0.25) is 5.78 Å². The second kappa shape index (κ2) is 3.82. The Morgan fingerprint density at radius 3 is 3.00 bits per heavy atom. The van der Waals surface area contributed by atoms with E-state index >= 15 is 0 Å². The number of aromatic nitrogens is 1. The molecule has 0 aliphatic carbocycles. The molecular weight excluding hydrogens is 234 g/mol. The summed E-state index contributed by atoms with van der Waals surface area (Å²) in [6, 6.07) is 7.19. The molecule has 0 saturated carbocycles. The number of pyridine rings is 1. The first-order valence-electron chi connectivity index (χ1n) is 5.18. The first-order valence-corrected chi connectivity index (χ1v) is 6.12. The summed E-state index contributed by atoms with van der Waals surface area (Å²) in [4.78, 5) is 16.4. The van der Waals surface area contributed by atoms with Gasteiger partial charge in [-0.1, -0.05) is 0 Å². The Bertz CT molecular complexity index is 683. The molecule has 0 spiro atoms. The van der Waals surface area contributed by atoms with Crippen LogP contribution in [-0.4, -0.2) is 10.8 Å². The molecule has 0 aliphatic rings. The average Bonchev–Trinajstić information content (AvgIpc) is 2.96. The molecule has 0 N–H and O–H groups in total. The fourth-order valence-electron chi connectivity index (χ4n) is 1.67. The van der Waals surface area contributed by atoms with Crippen LogP contribution in [0.5, 0.6) is 0 Å². The predicted molar refractivity (Wildman–Crippen MR) is 66.5 cm³/mol. The lowest BCUT2D eigenvalue weighted by Crippen LogP contribution is -1.96. The highest BCUT2D eigenvalue weighted by molar-refractivity contribution is 7.08. The maximum absolute atomic E-state index is 12.0. The molecule has 3 aromatic rings. The van der Waals surface area contributed by atoms with E-state index in [-0.39, 0.29) is 5.78 Å². The molecule has 0 amide bonds. The molecule has 3 nitrogen and oxygen atoms in total. The van der Waals surface area contributed by atoms with E-state index in [4.69, 9.17) is 4.42 Å². The Kier molecular flexibility index (Phi) is 2.30. The van der Waals surface area contributed by atoms with E-state index in [1.165, 1.54) is 11.3 Å². The zero-order valence-corrected chi connectivity index (χ0v) is 9.95. The van der Waals surface area contributed by atoms with Gasteiger partial charge in [-0.2, -0.15) is 11.3 Å². The Morgan fingerprint density at radius 1 is 1.35 bits per heavy atom. The van der Waals surface area contributed by atoms with Crippen LogP contribution in [0.25, 0.3) is 11.1 Å². The third kappa shape index (κ3) is 1.76. The van der Waals surface area contributed by atoms with Gasteiger partial charge in [-0.3, -0.25) is 4.79 Å². The second-order valence-electron chi connectivity index (χ2n) is 3.79. The lowest BCUT2D eigenvalue weighted by atomic mass is 10.2. The van der Waals surface area contributed by atoms with Gasteiger partial charge in [0.15, 0.2) is 11.3 Å². The van der Waals surface area contributed by atoms with Crippen molar-refractivity contribution < 1.29 is 9.21 Å². The van der Waals surface area contributed by atoms with E-state index in [0.29, 0.717) is 16.9 Å². The standard InChI is InChI=1S/C13H9NO2S/c1-8-2-3-11-10(14-8)6-12(16-11)13(15)9-4-5-17-7-9/h2-7H,1H3. The topological polar surface area (TPSA) is 43.1 Å². The molecule has 0 fully saturated rings. The number of carbonyl (C=O) groups is 1. The lowest BCUT2D eigenvalue weighted by Gasteiger charge is -1.90. The van der Waals surface area contributed by atoms with Gasteiger partial charge in [-0.15, -0.1) is 0 Å². The van der Waals surface area contributed by atoms with Crippen molar-refractivity contribution in [2.75, 3.05) is 0 Å². The van der Waals surface area contributed by atoms with Crippen LogP contribution in [-0.2, 0) is 0 Å². The minimum absolute atomic E-state index is 0.0955. The number of aryl methyl sites for hydroxylation is 1. The molecular formula is C13H9NO2S. The summed E-state index contributed by atoms with van der Waals surface area (Å²) in [6.45, 7) is 1.91. The molecule has 4 heteroatoms. The summed E-state index contributed by atoms with van der Waals surface area (Å²) in [5.41, 5.74) is 2.94. The summed E-state index contributed by atoms with van der Waals surface area (Å²) >= 11 is 1.49. The fraction of sp³-hybridized carbons (Fsp3) is 0.0769. The quantitative estimate of drug-likeness (QED) is 0.647. The second-order valence-corrected chi connectivity index (χ2v) is 4.57. The van der Waals surface area contributed by atoms with E-state index in [2.05, 4.69) is 4.98 Å². The van der Waals surface area contributed by atoms with Crippen molar-refractivity contribution >= 4 is 28.2 Å². The van der Waals surface area contributed by atoms with Crippen LogP contribution in [0, 0.1) is 6.92 Å². The number of hydrogen-bond acceptors (Lipinski definition) is 4. The fourth-order valence-corrected chi connectivity index (χ4v) is 2.31. The normalized spacial score (nSPS) is 10.9. The largest absolute Gasteiger partial charge is 0.451 e. The van der Waals surface area contributed by atoms with E-state index in [1.54, 1.807) is 12.1 Å². The molecule has 3 aromatic heterocycles. The van der Waals surface area contributed by atoms with Gasteiger partial charge >= 0.3 is 0 Å². The molecule has 3 heterocycles. The zero-order valence-electron chi connectivity index (χ0n) is 9.14. The van der Waals surface area contributed by atoms with Crippen LogP contribution in [0.15, 0.2) is 39.4 Å². The molecule has 0 unspecified atom stereocenters. The highest BCUT2D eigenvalue weighted by atomic mass is 32.1. The van der Waals surface area contributed by atoms with Crippen molar-refractivity contribution in [2.24, 2.45) is 0 Å². The lowest BCUT2D eigenvalue weighted by molar-refractivity contribution is 0.101. The number of nitrogens with zero attached hydrogens (tertiary/aromatic N) is 1. The van der Waals surface area contributed by atoms with Gasteiger partial charge < -0.3 is 4.42 Å². The summed E-state index contributed by atoms with van der Waals surface area (Å²) in [7, 11) is 0. The van der Waals surface area contributed by atoms with Crippen LogP contribution in [0.4, 0.5) is 0 Å². The molecule has 17 heavy (non-hydrogen) atoms. The average molecular weight is 243 g/mol. The van der Waals surface area contributed by atoms with Gasteiger partial charge in [0, 0.05) is 22.7 Å². The summed E-state index contributed by atoms with van der Waals surface area (Å²) in [5, 5.41) is 3.69. The summed E-state index contributed by atoms with van der Waals surface area (Å²) in [5.74, 6) is 0.249. The van der Waals surface area contributed by atoms with Gasteiger partial charge in [0.25, 0.3) is 0 Å². The number of carbonyl (C=O) groups excluding carboxylic acids is 1. The third-order valence-corrected chi connectivity index (χ3v) is 3.20. The van der Waals surface area contributed by atoms with Crippen molar-refractivity contribution in [1.82, 2.24) is 4.98 Å². The molecule has 0 aliphatic heterocycles. The Hall–Kier alpha value is -1.94. The summed E-state index contributed by atoms with van der Waals surface area (Å²) in [6.07, 6.45) is 0. The predicted octanol–water partition coefficient (Wildman–Crippen LogP) is 3.43. The number of hydrogen-bond donors (Lipinski definition) is 0. The number of rotatable bonds is 2. The van der Waals surface area contributed by atoms with Gasteiger partial charge in [-0.25, -0.2) is 4.98 Å². The van der Waals surface area contributed by atoms with E-state index in [1.807, 2.05) is 29.8 Å². The highest BCUT2D eigenvalue weighted by Crippen LogP contribution is 2.21. The Labute approximate surface area is 102 Å². The number of furan rings is 1. The monoisotopic (exact) mass is 243 g/mol. The molecule has 3 rings (SSSR count). The van der Waals surface area contributed by atoms with E-state index in [0.717, 1.165) is 11.2 Å². The van der Waals surface area contributed by atoms with Gasteiger partial charge in [0.05, 0.1) is 0 Å². The van der Waals surface area contributed by atoms with Crippen molar-refractivity contribution in [3.8, 4) is 0 Å². The van der Waals surface area contributed by atoms with Crippen molar-refractivity contribution in [2.45, 2.75) is 6.92 Å². The highest BCUT2D eigenvalue weighted by Gasteiger charge is 2.15. The van der Waals surface area contributed by atoms with Crippen LogP contribution in [0.1, 0.15) is 21.8 Å². The van der Waals surface area contributed by atoms with Crippen LogP contribution in [0.2, 0.25) is 0 Å². The van der Waals surface area contributed by atoms with E-state index < -0.39 is 0 Å². The Balaban J connectivity index is 2.09. The maximum atomic E-state index is 12.0. The Morgan fingerprint density at radius 2 is 2.24 bits per heavy atom. The molecule has 0 radical (unpaired) electrons. The molecule has 0 saturated heterocycles. The number of thiophene rings is 1. The maximum Gasteiger partial charge on any atom is 0.229 e. The molecule has 0 aromatic carbocycles. The third-order valence-electron chi connectivity index (χ3n) is 2.52. The minimum atomic E-state index is -0.0955. The SMILES string of the molecule is Cc1ccc2oc(C(=O)c3ccsc3)cc2n1. The summed E-state index contributed by atoms with van der Waals surface area (Å²) < 4.78 is 5.50.